The molecular formula is C31H24N4O6S. The molecule has 11 heteroatoms. The van der Waals surface area contributed by atoms with E-state index in [0.29, 0.717) is 44.8 Å². The van der Waals surface area contributed by atoms with Gasteiger partial charge >= 0.3 is 5.69 Å². The third-order valence-electron chi connectivity index (χ3n) is 6.39. The van der Waals surface area contributed by atoms with E-state index in [9.17, 15) is 15.2 Å². The summed E-state index contributed by atoms with van der Waals surface area (Å²) < 4.78 is 22.3. The van der Waals surface area contributed by atoms with Gasteiger partial charge in [0.2, 0.25) is 11.5 Å². The number of benzene rings is 3. The molecule has 2 aromatic heterocycles. The maximum Gasteiger partial charge on any atom is 0.307 e. The summed E-state index contributed by atoms with van der Waals surface area (Å²) in [7, 11) is 4.60. The van der Waals surface area contributed by atoms with E-state index in [1.165, 1.54) is 21.3 Å². The molecule has 0 fully saturated rings. The second-order valence-corrected chi connectivity index (χ2v) is 9.75. The Kier molecular flexibility index (Phi) is 8.36. The Morgan fingerprint density at radius 3 is 2.40 bits per heavy atom. The molecule has 0 aliphatic carbocycles. The van der Waals surface area contributed by atoms with Crippen LogP contribution in [0.4, 0.5) is 0 Å². The van der Waals surface area contributed by atoms with E-state index in [1.807, 2.05) is 42.5 Å². The number of carbonyl (C=O) groups excluding carboxylic acids is 1. The quantitative estimate of drug-likeness (QED) is 0.131. The standard InChI is InChI=1S/C31H24N4O6S/c1-38-21-14-12-20(13-15-21)35-28(31(37)41-34-35)26(36)18-42-30-24(17-32)23(16-25(33-30)19-8-5-4-6-9-19)22-10-7-11-27(39-2)29(22)40-3/h4-16H,18H2,1-3H3. The first kappa shape index (κ1) is 28.2. The third-order valence-corrected chi connectivity index (χ3v) is 7.37. The number of ether oxygens (including phenoxy) is 3. The number of thioether (sulfide) groups is 1. The van der Waals surface area contributed by atoms with Gasteiger partial charge in [0.1, 0.15) is 16.8 Å². The highest BCUT2D eigenvalue weighted by Gasteiger charge is 2.29. The molecule has 0 N–H and O–H groups in total. The van der Waals surface area contributed by atoms with Crippen molar-refractivity contribution in [2.24, 2.45) is 0 Å². The number of aromatic nitrogens is 3. The summed E-state index contributed by atoms with van der Waals surface area (Å²) in [6.07, 6.45) is 0. The number of pyridine rings is 1. The van der Waals surface area contributed by atoms with Crippen molar-refractivity contribution in [1.29, 1.82) is 5.26 Å². The maximum atomic E-state index is 13.4. The Bertz CT molecular complexity index is 1780. The number of ketones is 1. The van der Waals surface area contributed by atoms with Gasteiger partial charge in [-0.3, -0.25) is 4.79 Å². The smallest absolute Gasteiger partial charge is 0.307 e. The van der Waals surface area contributed by atoms with E-state index in [2.05, 4.69) is 11.3 Å². The van der Waals surface area contributed by atoms with Crippen LogP contribution < -0.4 is 24.0 Å². The van der Waals surface area contributed by atoms with Gasteiger partial charge in [-0.1, -0.05) is 54.2 Å². The fraction of sp³-hybridized carbons (Fsp3) is 0.129. The van der Waals surface area contributed by atoms with Gasteiger partial charge in [0.25, 0.3) is 0 Å². The predicted molar refractivity (Wildman–Crippen MR) is 152 cm³/mol. The first-order chi connectivity index (χ1) is 20.5. The Morgan fingerprint density at radius 1 is 0.976 bits per heavy atom. The summed E-state index contributed by atoms with van der Waals surface area (Å²) in [4.78, 5) is 18.1. The largest absolute Gasteiger partial charge is 0.539 e. The number of para-hydroxylation sites is 1. The highest BCUT2D eigenvalue weighted by molar-refractivity contribution is 8.00. The second kappa shape index (κ2) is 12.4. The van der Waals surface area contributed by atoms with E-state index in [1.54, 1.807) is 36.4 Å². The lowest BCUT2D eigenvalue weighted by molar-refractivity contribution is -0.672. The summed E-state index contributed by atoms with van der Waals surface area (Å²) >= 11 is 1.04. The van der Waals surface area contributed by atoms with Crippen molar-refractivity contribution >= 4 is 17.5 Å². The topological polar surface area (TPSA) is 134 Å². The van der Waals surface area contributed by atoms with E-state index in [-0.39, 0.29) is 17.0 Å². The van der Waals surface area contributed by atoms with Crippen LogP contribution in [0.15, 0.2) is 88.4 Å². The number of nitriles is 1. The minimum atomic E-state index is -0.871. The second-order valence-electron chi connectivity index (χ2n) is 8.78. The van der Waals surface area contributed by atoms with Crippen LogP contribution in [0.5, 0.6) is 23.2 Å². The van der Waals surface area contributed by atoms with Crippen LogP contribution in [-0.4, -0.2) is 43.1 Å². The molecule has 42 heavy (non-hydrogen) atoms. The molecule has 10 nitrogen and oxygen atoms in total. The molecule has 2 heterocycles. The van der Waals surface area contributed by atoms with Gasteiger partial charge in [-0.05, 0) is 28.9 Å². The Labute approximate surface area is 245 Å². The number of nitrogens with zero attached hydrogens (tertiary/aromatic N) is 4. The Balaban J connectivity index is 1.56. The molecule has 0 radical (unpaired) electrons. The van der Waals surface area contributed by atoms with E-state index in [4.69, 9.17) is 23.7 Å². The van der Waals surface area contributed by atoms with E-state index in [0.717, 1.165) is 22.0 Å². The SMILES string of the molecule is COc1ccc(-[n+]2noc([O-])c2C(=O)CSc2nc(-c3ccccc3)cc(-c3cccc(OC)c3OC)c2C#N)cc1. The van der Waals surface area contributed by atoms with Crippen molar-refractivity contribution in [3.05, 3.63) is 90.1 Å². The number of rotatable bonds is 10. The third kappa shape index (κ3) is 5.48. The molecule has 0 atom stereocenters. The number of hydrogen-bond acceptors (Lipinski definition) is 10. The molecular weight excluding hydrogens is 556 g/mol. The van der Waals surface area contributed by atoms with Crippen molar-refractivity contribution in [3.8, 4) is 57.3 Å². The molecule has 0 spiro atoms. The molecule has 3 aromatic carbocycles. The van der Waals surface area contributed by atoms with E-state index < -0.39 is 11.7 Å². The van der Waals surface area contributed by atoms with Crippen LogP contribution in [0.2, 0.25) is 0 Å². The van der Waals surface area contributed by atoms with Gasteiger partial charge in [0.15, 0.2) is 17.4 Å². The number of Topliss-reactive ketones (excluding diaryl/α,β-unsaturated/α-hetero) is 1. The molecule has 5 rings (SSSR count). The van der Waals surface area contributed by atoms with Crippen molar-refractivity contribution in [2.75, 3.05) is 27.1 Å². The van der Waals surface area contributed by atoms with Crippen LogP contribution in [0.3, 0.4) is 0 Å². The van der Waals surface area contributed by atoms with Crippen LogP contribution in [0.25, 0.3) is 28.1 Å². The normalized spacial score (nSPS) is 10.6. The fourth-order valence-electron chi connectivity index (χ4n) is 4.38. The minimum absolute atomic E-state index is 0.207. The van der Waals surface area contributed by atoms with Gasteiger partial charge in [-0.15, -0.1) is 0 Å². The van der Waals surface area contributed by atoms with Crippen LogP contribution >= 0.6 is 11.8 Å². The van der Waals surface area contributed by atoms with Gasteiger partial charge in [-0.25, -0.2) is 4.98 Å². The molecule has 0 unspecified atom stereocenters. The maximum absolute atomic E-state index is 13.4. The summed E-state index contributed by atoms with van der Waals surface area (Å²) in [5, 5.41) is 26.9. The average Bonchev–Trinajstić information content (AvgIpc) is 3.44. The molecule has 5 aromatic rings. The molecule has 210 valence electrons. The molecule has 0 bridgehead atoms. The summed E-state index contributed by atoms with van der Waals surface area (Å²) in [6, 6.07) is 25.6. The van der Waals surface area contributed by atoms with Crippen LogP contribution in [0, 0.1) is 11.3 Å². The van der Waals surface area contributed by atoms with Gasteiger partial charge in [0.05, 0.1) is 43.6 Å². The highest BCUT2D eigenvalue weighted by Crippen LogP contribution is 2.42. The molecule has 0 aliphatic rings. The summed E-state index contributed by atoms with van der Waals surface area (Å²) in [5.74, 6) is -0.0653. The lowest BCUT2D eigenvalue weighted by atomic mass is 9.98. The van der Waals surface area contributed by atoms with Crippen molar-refractivity contribution in [2.45, 2.75) is 5.03 Å². The fourth-order valence-corrected chi connectivity index (χ4v) is 5.25. The monoisotopic (exact) mass is 580 g/mol. The number of methoxy groups -OCH3 is 3. The molecule has 0 aliphatic heterocycles. The van der Waals surface area contributed by atoms with Gasteiger partial charge in [0, 0.05) is 28.8 Å². The molecule has 0 saturated carbocycles. The van der Waals surface area contributed by atoms with Crippen molar-refractivity contribution in [1.82, 2.24) is 10.3 Å². The van der Waals surface area contributed by atoms with Crippen molar-refractivity contribution in [3.63, 3.8) is 0 Å². The average molecular weight is 581 g/mol. The minimum Gasteiger partial charge on any atom is -0.539 e. The Hall–Kier alpha value is -5.34. The highest BCUT2D eigenvalue weighted by atomic mass is 32.2. The zero-order valence-corrected chi connectivity index (χ0v) is 23.7. The summed E-state index contributed by atoms with van der Waals surface area (Å²) in [5.41, 5.74) is 3.03. The zero-order valence-electron chi connectivity index (χ0n) is 22.9. The zero-order chi connectivity index (χ0) is 29.6. The lowest BCUT2D eigenvalue weighted by Gasteiger charge is -2.16. The summed E-state index contributed by atoms with van der Waals surface area (Å²) in [6.45, 7) is 0. The number of carbonyl (C=O) groups is 1. The lowest BCUT2D eigenvalue weighted by Crippen LogP contribution is -2.39. The van der Waals surface area contributed by atoms with Gasteiger partial charge < -0.3 is 23.8 Å². The van der Waals surface area contributed by atoms with Crippen LogP contribution in [-0.2, 0) is 0 Å². The first-order valence-electron chi connectivity index (χ1n) is 12.6. The molecule has 0 amide bonds. The predicted octanol–water partition coefficient (Wildman–Crippen LogP) is 4.63. The first-order valence-corrected chi connectivity index (χ1v) is 13.6. The van der Waals surface area contributed by atoms with Crippen LogP contribution in [0.1, 0.15) is 16.1 Å². The number of hydrogen-bond donors (Lipinski definition) is 0. The van der Waals surface area contributed by atoms with E-state index >= 15 is 0 Å². The van der Waals surface area contributed by atoms with Gasteiger partial charge in [-0.2, -0.15) is 5.26 Å². The van der Waals surface area contributed by atoms with Crippen molar-refractivity contribution < 1.29 is 33.3 Å². The Morgan fingerprint density at radius 2 is 1.74 bits per heavy atom. The molecule has 0 saturated heterocycles.